The highest BCUT2D eigenvalue weighted by Crippen LogP contribution is 2.33. The largest absolute Gasteiger partial charge is 0.504 e. The molecular formula is C18H17ClN2O3S. The zero-order chi connectivity index (χ0) is 18.0. The molecule has 2 aromatic rings. The Bertz CT molecular complexity index is 854. The molecule has 0 aliphatic carbocycles. The van der Waals surface area contributed by atoms with Gasteiger partial charge in [-0.25, -0.2) is 0 Å². The van der Waals surface area contributed by atoms with Crippen LogP contribution in [-0.2, 0) is 4.79 Å². The number of anilines is 1. The first-order valence-corrected chi connectivity index (χ1v) is 8.81. The van der Waals surface area contributed by atoms with E-state index in [2.05, 4.69) is 10.6 Å². The van der Waals surface area contributed by atoms with Crippen LogP contribution in [0.3, 0.4) is 0 Å². The summed E-state index contributed by atoms with van der Waals surface area (Å²) in [6, 6.07) is 10.5. The Kier molecular flexibility index (Phi) is 5.11. The number of aryl methyl sites for hydroxylation is 1. The maximum Gasteiger partial charge on any atom is 0.260 e. The van der Waals surface area contributed by atoms with Crippen LogP contribution in [0.15, 0.2) is 41.3 Å². The molecule has 0 radical (unpaired) electrons. The zero-order valence-corrected chi connectivity index (χ0v) is 15.2. The molecule has 1 aliphatic heterocycles. The van der Waals surface area contributed by atoms with E-state index in [0.717, 1.165) is 16.8 Å². The van der Waals surface area contributed by atoms with Crippen LogP contribution in [0.5, 0.6) is 11.5 Å². The number of phenols is 1. The number of carbonyl (C=O) groups is 1. The number of hydrogen-bond donors (Lipinski definition) is 3. The second kappa shape index (κ2) is 7.29. The van der Waals surface area contributed by atoms with E-state index in [1.54, 1.807) is 24.3 Å². The summed E-state index contributed by atoms with van der Waals surface area (Å²) < 4.78 is 5.09. The third-order valence-corrected chi connectivity index (χ3v) is 4.97. The van der Waals surface area contributed by atoms with E-state index in [1.807, 2.05) is 19.1 Å². The van der Waals surface area contributed by atoms with Gasteiger partial charge >= 0.3 is 0 Å². The van der Waals surface area contributed by atoms with Crippen molar-refractivity contribution in [2.75, 3.05) is 12.4 Å². The van der Waals surface area contributed by atoms with E-state index < -0.39 is 0 Å². The molecule has 0 bridgehead atoms. The molecule has 1 amide bonds. The predicted octanol–water partition coefficient (Wildman–Crippen LogP) is 3.96. The standard InChI is InChI=1S/C18H17ClN2O3S/c1-10-7-12(19)4-5-13(10)20-18-21-17(23)16(25-18)9-11-3-6-14(22)15(8-11)24-2/h3-9,18,20,22H,1-2H3,(H,21,23)/b16-9-. The number of amides is 1. The van der Waals surface area contributed by atoms with E-state index in [-0.39, 0.29) is 17.2 Å². The maximum atomic E-state index is 12.2. The zero-order valence-electron chi connectivity index (χ0n) is 13.7. The van der Waals surface area contributed by atoms with Crippen LogP contribution in [-0.4, -0.2) is 23.6 Å². The average Bonchev–Trinajstić information content (AvgIpc) is 2.91. The third kappa shape index (κ3) is 4.03. The van der Waals surface area contributed by atoms with E-state index in [1.165, 1.54) is 24.9 Å². The molecule has 1 atom stereocenters. The normalized spacial score (nSPS) is 18.3. The molecular weight excluding hydrogens is 360 g/mol. The number of nitrogens with one attached hydrogen (secondary N) is 2. The highest BCUT2D eigenvalue weighted by Gasteiger charge is 2.27. The van der Waals surface area contributed by atoms with Gasteiger partial charge in [-0.15, -0.1) is 0 Å². The molecule has 7 heteroatoms. The molecule has 0 aromatic heterocycles. The molecule has 1 heterocycles. The topological polar surface area (TPSA) is 70.6 Å². The molecule has 2 aromatic carbocycles. The number of halogens is 1. The van der Waals surface area contributed by atoms with Gasteiger partial charge in [0.2, 0.25) is 0 Å². The predicted molar refractivity (Wildman–Crippen MR) is 102 cm³/mol. The minimum absolute atomic E-state index is 0.0610. The Hall–Kier alpha value is -2.31. The van der Waals surface area contributed by atoms with E-state index in [0.29, 0.717) is 15.7 Å². The van der Waals surface area contributed by atoms with Gasteiger partial charge in [0.25, 0.3) is 5.91 Å². The highest BCUT2D eigenvalue weighted by atomic mass is 35.5. The second-order valence-corrected chi connectivity index (χ2v) is 7.10. The van der Waals surface area contributed by atoms with Crippen LogP contribution in [0.4, 0.5) is 5.69 Å². The fraction of sp³-hybridized carbons (Fsp3) is 0.167. The van der Waals surface area contributed by atoms with Gasteiger partial charge in [-0.05, 0) is 54.5 Å². The van der Waals surface area contributed by atoms with Crippen molar-refractivity contribution in [2.24, 2.45) is 0 Å². The van der Waals surface area contributed by atoms with Crippen LogP contribution in [0.1, 0.15) is 11.1 Å². The first-order chi connectivity index (χ1) is 12.0. The molecule has 1 fully saturated rings. The fourth-order valence-electron chi connectivity index (χ4n) is 2.43. The van der Waals surface area contributed by atoms with Gasteiger partial charge in [0.05, 0.1) is 12.0 Å². The Morgan fingerprint density at radius 3 is 2.84 bits per heavy atom. The van der Waals surface area contributed by atoms with Crippen molar-refractivity contribution in [3.63, 3.8) is 0 Å². The van der Waals surface area contributed by atoms with Gasteiger partial charge in [-0.2, -0.15) is 0 Å². The lowest BCUT2D eigenvalue weighted by Gasteiger charge is -2.15. The minimum atomic E-state index is -0.266. The molecule has 130 valence electrons. The van der Waals surface area contributed by atoms with Gasteiger partial charge in [0.15, 0.2) is 17.0 Å². The summed E-state index contributed by atoms with van der Waals surface area (Å²) in [4.78, 5) is 12.8. The van der Waals surface area contributed by atoms with E-state index in [4.69, 9.17) is 16.3 Å². The SMILES string of the molecule is COc1cc(/C=C2\SC(Nc3ccc(Cl)cc3C)NC2=O)ccc1O. The molecule has 3 rings (SSSR count). The number of thioether (sulfide) groups is 1. The Balaban J connectivity index is 1.76. The Morgan fingerprint density at radius 2 is 2.12 bits per heavy atom. The smallest absolute Gasteiger partial charge is 0.260 e. The van der Waals surface area contributed by atoms with Crippen molar-refractivity contribution in [3.8, 4) is 11.5 Å². The van der Waals surface area contributed by atoms with Crippen molar-refractivity contribution in [1.29, 1.82) is 0 Å². The summed E-state index contributed by atoms with van der Waals surface area (Å²) in [5.41, 5.74) is 2.42. The first-order valence-electron chi connectivity index (χ1n) is 7.55. The van der Waals surface area contributed by atoms with Gasteiger partial charge in [0, 0.05) is 10.7 Å². The number of carbonyl (C=O) groups excluding carboxylic acids is 1. The minimum Gasteiger partial charge on any atom is -0.504 e. The van der Waals surface area contributed by atoms with E-state index >= 15 is 0 Å². The average molecular weight is 377 g/mol. The van der Waals surface area contributed by atoms with Crippen molar-refractivity contribution in [1.82, 2.24) is 5.32 Å². The summed E-state index contributed by atoms with van der Waals surface area (Å²) in [7, 11) is 1.48. The molecule has 5 nitrogen and oxygen atoms in total. The second-order valence-electron chi connectivity index (χ2n) is 5.51. The molecule has 25 heavy (non-hydrogen) atoms. The molecule has 1 unspecified atom stereocenters. The lowest BCUT2D eigenvalue weighted by molar-refractivity contribution is -0.116. The lowest BCUT2D eigenvalue weighted by atomic mass is 10.2. The van der Waals surface area contributed by atoms with Crippen molar-refractivity contribution >= 4 is 41.0 Å². The van der Waals surface area contributed by atoms with Crippen molar-refractivity contribution in [3.05, 3.63) is 57.5 Å². The Labute approximate surface area is 155 Å². The van der Waals surface area contributed by atoms with Gasteiger partial charge in [0.1, 0.15) is 0 Å². The number of hydrogen-bond acceptors (Lipinski definition) is 5. The molecule has 1 saturated heterocycles. The summed E-state index contributed by atoms with van der Waals surface area (Å²) in [5.74, 6) is 0.274. The molecule has 3 N–H and O–H groups in total. The van der Waals surface area contributed by atoms with Crippen LogP contribution < -0.4 is 15.4 Å². The van der Waals surface area contributed by atoms with Crippen LogP contribution in [0, 0.1) is 6.92 Å². The van der Waals surface area contributed by atoms with Crippen LogP contribution >= 0.6 is 23.4 Å². The molecule has 0 saturated carbocycles. The van der Waals surface area contributed by atoms with Crippen LogP contribution in [0.25, 0.3) is 6.08 Å². The molecule has 0 spiro atoms. The number of methoxy groups -OCH3 is 1. The van der Waals surface area contributed by atoms with Crippen LogP contribution in [0.2, 0.25) is 5.02 Å². The fourth-order valence-corrected chi connectivity index (χ4v) is 3.63. The van der Waals surface area contributed by atoms with Gasteiger partial charge in [-0.1, -0.05) is 29.4 Å². The highest BCUT2D eigenvalue weighted by molar-refractivity contribution is 8.05. The van der Waals surface area contributed by atoms with E-state index in [9.17, 15) is 9.90 Å². The monoisotopic (exact) mass is 376 g/mol. The van der Waals surface area contributed by atoms with Crippen molar-refractivity contribution in [2.45, 2.75) is 12.4 Å². The summed E-state index contributed by atoms with van der Waals surface area (Å²) in [5, 5.41) is 16.5. The van der Waals surface area contributed by atoms with Crippen molar-refractivity contribution < 1.29 is 14.6 Å². The summed E-state index contributed by atoms with van der Waals surface area (Å²) in [6.07, 6.45) is 1.76. The number of rotatable bonds is 4. The molecule has 1 aliphatic rings. The number of aromatic hydroxyl groups is 1. The maximum absolute atomic E-state index is 12.2. The number of ether oxygens (including phenoxy) is 1. The number of benzene rings is 2. The quantitative estimate of drug-likeness (QED) is 0.704. The summed E-state index contributed by atoms with van der Waals surface area (Å²) >= 11 is 7.36. The lowest BCUT2D eigenvalue weighted by Crippen LogP contribution is -2.31. The van der Waals surface area contributed by atoms with Gasteiger partial charge < -0.3 is 20.5 Å². The first kappa shape index (κ1) is 17.5. The summed E-state index contributed by atoms with van der Waals surface area (Å²) in [6.45, 7) is 1.95. The third-order valence-electron chi connectivity index (χ3n) is 3.71. The van der Waals surface area contributed by atoms with Gasteiger partial charge in [-0.3, -0.25) is 4.79 Å². The number of phenolic OH excluding ortho intramolecular Hbond substituents is 1. The Morgan fingerprint density at radius 1 is 1.32 bits per heavy atom.